The van der Waals surface area contributed by atoms with Gasteiger partial charge in [0.2, 0.25) is 0 Å². The topological polar surface area (TPSA) is 106 Å². The van der Waals surface area contributed by atoms with E-state index in [4.69, 9.17) is 28.5 Å². The second-order valence-electron chi connectivity index (χ2n) is 9.16. The molecule has 0 saturated heterocycles. The summed E-state index contributed by atoms with van der Waals surface area (Å²) in [6, 6.07) is 10.8. The monoisotopic (exact) mass is 680 g/mol. The van der Waals surface area contributed by atoms with Crippen molar-refractivity contribution in [2.75, 3.05) is 10.6 Å². The highest BCUT2D eigenvalue weighted by Crippen LogP contribution is 2.59. The van der Waals surface area contributed by atoms with Gasteiger partial charge >= 0.3 is 23.9 Å². The van der Waals surface area contributed by atoms with Crippen molar-refractivity contribution in [1.82, 2.24) is 0 Å². The maximum Gasteiger partial charge on any atom is 0.457 e. The molecule has 45 heavy (non-hydrogen) atoms. The lowest BCUT2D eigenvalue weighted by atomic mass is 9.87. The molecule has 0 aromatic heterocycles. The molecule has 2 N–H and O–H groups in total. The average molecular weight is 681 g/mol. The molecule has 6 nitrogen and oxygen atoms in total. The molecule has 0 aliphatic rings. The van der Waals surface area contributed by atoms with E-state index in [0.717, 1.165) is 18.2 Å². The third-order valence-electron chi connectivity index (χ3n) is 6.37. The minimum absolute atomic E-state index is 0.121. The Morgan fingerprint density at radius 3 is 1.87 bits per heavy atom. The van der Waals surface area contributed by atoms with Crippen molar-refractivity contribution in [3.63, 3.8) is 0 Å². The summed E-state index contributed by atoms with van der Waals surface area (Å²) < 4.78 is 121. The van der Waals surface area contributed by atoms with E-state index in [9.17, 15) is 54.4 Å². The molecule has 0 spiro atoms. The summed E-state index contributed by atoms with van der Waals surface area (Å²) in [6.45, 7) is 1.72. The number of hydrogen-bond acceptors (Lipinski definition) is 4. The number of rotatable bonds is 7. The summed E-state index contributed by atoms with van der Waals surface area (Å²) in [4.78, 5) is 25.9. The van der Waals surface area contributed by atoms with E-state index in [2.05, 4.69) is 5.32 Å². The van der Waals surface area contributed by atoms with Crippen LogP contribution in [-0.2, 0) is 12.1 Å². The van der Waals surface area contributed by atoms with Gasteiger partial charge in [-0.25, -0.2) is 4.39 Å². The van der Waals surface area contributed by atoms with Gasteiger partial charge in [-0.2, -0.15) is 45.6 Å². The molecule has 3 rings (SSSR count). The number of amides is 2. The fourth-order valence-electron chi connectivity index (χ4n) is 4.05. The number of halogens is 11. The molecule has 236 valence electrons. The molecule has 3 aromatic carbocycles. The van der Waals surface area contributed by atoms with Gasteiger partial charge in [0.25, 0.3) is 11.8 Å². The molecule has 0 saturated carbocycles. The van der Waals surface area contributed by atoms with Gasteiger partial charge in [-0.05, 0) is 60.5 Å². The number of anilines is 2. The first kappa shape index (κ1) is 35.0. The summed E-state index contributed by atoms with van der Waals surface area (Å²) in [5, 5.41) is 20.7. The normalized spacial score (nSPS) is 13.3. The molecule has 0 bridgehead atoms. The number of nitriles is 2. The van der Waals surface area contributed by atoms with E-state index in [1.807, 2.05) is 11.4 Å². The zero-order chi connectivity index (χ0) is 34.1. The number of nitrogens with zero attached hydrogens (tertiary/aromatic N) is 2. The van der Waals surface area contributed by atoms with Crippen LogP contribution in [0.3, 0.4) is 0 Å². The lowest BCUT2D eigenvalue weighted by Gasteiger charge is -2.36. The second kappa shape index (κ2) is 12.5. The van der Waals surface area contributed by atoms with Crippen molar-refractivity contribution < 1.29 is 49.1 Å². The van der Waals surface area contributed by atoms with E-state index in [0.29, 0.717) is 12.0 Å². The van der Waals surface area contributed by atoms with Gasteiger partial charge in [0.05, 0.1) is 38.6 Å². The van der Waals surface area contributed by atoms with E-state index in [1.54, 1.807) is 13.0 Å². The fraction of sp³-hybridized carbons (Fsp3) is 0.214. The molecule has 17 heteroatoms. The zero-order valence-electron chi connectivity index (χ0n) is 22.2. The van der Waals surface area contributed by atoms with Gasteiger partial charge < -0.3 is 10.6 Å². The number of aryl methyl sites for hydroxylation is 1. The standard InChI is InChI=1S/C28H15Cl2F9N4O2/c1-2-14-7-13(11-40)3-6-18(14)24(45)42-21-8-15(4-5-16(21)12-41)23(44)43-22-19(29)9-17(10-20(22)30)25(31,27(34,35)36)26(32,33)28(37,38)39/h3-10H,2H2,1H3,(H,42,45)(H,43,44). The summed E-state index contributed by atoms with van der Waals surface area (Å²) in [5.74, 6) is -8.85. The highest BCUT2D eigenvalue weighted by atomic mass is 35.5. The van der Waals surface area contributed by atoms with Crippen molar-refractivity contribution in [3.05, 3.63) is 92.0 Å². The molecule has 1 unspecified atom stereocenters. The number of hydrogen-bond donors (Lipinski definition) is 2. The van der Waals surface area contributed by atoms with Crippen LogP contribution in [0.4, 0.5) is 50.9 Å². The van der Waals surface area contributed by atoms with Gasteiger partial charge in [0.1, 0.15) is 6.07 Å². The maximum absolute atomic E-state index is 14.9. The van der Waals surface area contributed by atoms with Crippen LogP contribution in [0.5, 0.6) is 0 Å². The van der Waals surface area contributed by atoms with E-state index in [-0.39, 0.29) is 40.1 Å². The van der Waals surface area contributed by atoms with Crippen molar-refractivity contribution in [2.45, 2.75) is 37.3 Å². The van der Waals surface area contributed by atoms with Gasteiger partial charge in [-0.3, -0.25) is 9.59 Å². The van der Waals surface area contributed by atoms with Crippen LogP contribution < -0.4 is 10.6 Å². The maximum atomic E-state index is 14.9. The lowest BCUT2D eigenvalue weighted by Crippen LogP contribution is -2.59. The Morgan fingerprint density at radius 2 is 1.38 bits per heavy atom. The summed E-state index contributed by atoms with van der Waals surface area (Å²) in [5.41, 5.74) is -9.10. The average Bonchev–Trinajstić information content (AvgIpc) is 2.96. The molecule has 0 radical (unpaired) electrons. The molecule has 3 aromatic rings. The van der Waals surface area contributed by atoms with Crippen LogP contribution in [0.2, 0.25) is 10.0 Å². The highest BCUT2D eigenvalue weighted by molar-refractivity contribution is 6.40. The number of carbonyl (C=O) groups is 2. The SMILES string of the molecule is CCc1cc(C#N)ccc1C(=O)Nc1cc(C(=O)Nc2c(Cl)cc(C(F)(C(F)(F)F)C(F)(F)C(F)(F)F)cc2Cl)ccc1C#N. The fourth-order valence-corrected chi connectivity index (χ4v) is 4.63. The Bertz CT molecular complexity index is 1740. The first-order valence-electron chi connectivity index (χ1n) is 12.1. The minimum Gasteiger partial charge on any atom is -0.321 e. The van der Waals surface area contributed by atoms with Crippen molar-refractivity contribution in [3.8, 4) is 12.1 Å². The van der Waals surface area contributed by atoms with Crippen LogP contribution in [-0.4, -0.2) is 30.1 Å². The Labute approximate surface area is 257 Å². The smallest absolute Gasteiger partial charge is 0.321 e. The molecular formula is C28H15Cl2F9N4O2. The van der Waals surface area contributed by atoms with Crippen LogP contribution >= 0.6 is 23.2 Å². The van der Waals surface area contributed by atoms with Crippen molar-refractivity contribution in [1.29, 1.82) is 10.5 Å². The lowest BCUT2D eigenvalue weighted by molar-refractivity contribution is -0.389. The third-order valence-corrected chi connectivity index (χ3v) is 6.96. The molecule has 0 fully saturated rings. The van der Waals surface area contributed by atoms with Gasteiger partial charge in [0.15, 0.2) is 0 Å². The Kier molecular flexibility index (Phi) is 9.72. The van der Waals surface area contributed by atoms with Crippen LogP contribution in [0, 0.1) is 22.7 Å². The third kappa shape index (κ3) is 6.50. The molecule has 0 heterocycles. The number of alkyl halides is 9. The van der Waals surface area contributed by atoms with Crippen LogP contribution in [0.25, 0.3) is 0 Å². The highest BCUT2D eigenvalue weighted by Gasteiger charge is 2.81. The predicted octanol–water partition coefficient (Wildman–Crippen LogP) is 8.73. The van der Waals surface area contributed by atoms with E-state index >= 15 is 0 Å². The first-order chi connectivity index (χ1) is 20.7. The molecule has 0 aliphatic heterocycles. The largest absolute Gasteiger partial charge is 0.457 e. The summed E-state index contributed by atoms with van der Waals surface area (Å²) >= 11 is 11.5. The van der Waals surface area contributed by atoms with E-state index < -0.39 is 57.1 Å². The Hall–Kier alpha value is -4.47. The van der Waals surface area contributed by atoms with Gasteiger partial charge in [0, 0.05) is 16.7 Å². The van der Waals surface area contributed by atoms with Gasteiger partial charge in [-0.15, -0.1) is 0 Å². The molecular weight excluding hydrogens is 666 g/mol. The van der Waals surface area contributed by atoms with Crippen molar-refractivity contribution >= 4 is 46.4 Å². The van der Waals surface area contributed by atoms with Crippen LogP contribution in [0.15, 0.2) is 48.5 Å². The molecule has 2 amide bonds. The molecule has 0 aliphatic carbocycles. The number of benzene rings is 3. The minimum atomic E-state index is -6.98. The zero-order valence-corrected chi connectivity index (χ0v) is 23.7. The number of carbonyl (C=O) groups excluding carboxylic acids is 2. The molecule has 1 atom stereocenters. The second-order valence-corrected chi connectivity index (χ2v) is 9.98. The van der Waals surface area contributed by atoms with Crippen molar-refractivity contribution in [2.24, 2.45) is 0 Å². The Balaban J connectivity index is 1.99. The summed E-state index contributed by atoms with van der Waals surface area (Å²) in [7, 11) is 0. The Morgan fingerprint density at radius 1 is 0.778 bits per heavy atom. The summed E-state index contributed by atoms with van der Waals surface area (Å²) in [6.07, 6.45) is -13.4. The first-order valence-corrected chi connectivity index (χ1v) is 12.9. The predicted molar refractivity (Wildman–Crippen MR) is 144 cm³/mol. The van der Waals surface area contributed by atoms with E-state index in [1.165, 1.54) is 18.2 Å². The number of nitrogens with one attached hydrogen (secondary N) is 2. The van der Waals surface area contributed by atoms with Gasteiger partial charge in [-0.1, -0.05) is 30.1 Å². The van der Waals surface area contributed by atoms with Crippen LogP contribution in [0.1, 0.15) is 49.9 Å². The quantitative estimate of drug-likeness (QED) is 0.244.